The number of hydrogen-bond acceptors (Lipinski definition) is 0. The van der Waals surface area contributed by atoms with Crippen LogP contribution in [-0.2, 0) is 0 Å². The molecular weight excluding hydrogens is 257 g/mol. The molecule has 0 aromatic carbocycles. The summed E-state index contributed by atoms with van der Waals surface area (Å²) in [4.78, 5) is 0. The van der Waals surface area contributed by atoms with Gasteiger partial charge in [-0.05, 0) is 0 Å². The van der Waals surface area contributed by atoms with Crippen molar-refractivity contribution < 1.29 is 0 Å². The molecular formula is C4H5Bi. The zero-order valence-electron chi connectivity index (χ0n) is 2.81. The Morgan fingerprint density at radius 1 is 1.00 bits per heavy atom. The predicted molar refractivity (Wildman–Crippen MR) is 25.4 cm³/mol. The molecule has 5 heavy (non-hydrogen) atoms. The molecule has 0 saturated heterocycles. The fourth-order valence-corrected chi connectivity index (χ4v) is 2.44. The standard InChI is InChI=1S/C4H4.Bi.H/c1-3-4-2;;/h1-4H;;. The van der Waals surface area contributed by atoms with E-state index in [9.17, 15) is 0 Å². The predicted octanol–water partition coefficient (Wildman–Crippen LogP) is 0.464. The summed E-state index contributed by atoms with van der Waals surface area (Å²) in [6.45, 7) is 0. The first kappa shape index (κ1) is 3.55. The summed E-state index contributed by atoms with van der Waals surface area (Å²) in [6, 6.07) is 0. The van der Waals surface area contributed by atoms with Gasteiger partial charge >= 0.3 is 43.0 Å². The Balaban J connectivity index is 2.61. The molecule has 0 N–H and O–H groups in total. The quantitative estimate of drug-likeness (QED) is 0.556. The van der Waals surface area contributed by atoms with Crippen molar-refractivity contribution in [3.8, 4) is 0 Å². The van der Waals surface area contributed by atoms with Gasteiger partial charge in [0, 0.05) is 0 Å². The molecule has 0 nitrogen and oxygen atoms in total. The fourth-order valence-electron chi connectivity index (χ4n) is 0.278. The Hall–Kier alpha value is 0.363. The maximum absolute atomic E-state index is 2.32. The van der Waals surface area contributed by atoms with Crippen molar-refractivity contribution in [3.63, 3.8) is 0 Å². The molecule has 1 heterocycles. The number of rotatable bonds is 0. The average molecular weight is 262 g/mol. The molecule has 1 rings (SSSR count). The van der Waals surface area contributed by atoms with E-state index >= 15 is 0 Å². The first-order valence-corrected chi connectivity index (χ1v) is 6.07. The van der Waals surface area contributed by atoms with Gasteiger partial charge in [0.25, 0.3) is 0 Å². The second-order valence-corrected chi connectivity index (χ2v) is 4.77. The summed E-state index contributed by atoms with van der Waals surface area (Å²) < 4.78 is 4.64. The van der Waals surface area contributed by atoms with E-state index in [2.05, 4.69) is 19.7 Å². The molecule has 0 radical (unpaired) electrons. The van der Waals surface area contributed by atoms with Crippen molar-refractivity contribution in [2.75, 3.05) is 0 Å². The molecule has 1 aliphatic heterocycles. The van der Waals surface area contributed by atoms with Gasteiger partial charge in [-0.25, -0.2) is 0 Å². The number of allylic oxidation sites excluding steroid dienone is 2. The van der Waals surface area contributed by atoms with Crippen molar-refractivity contribution in [3.05, 3.63) is 19.7 Å². The minimum atomic E-state index is -0.201. The molecule has 0 bridgehead atoms. The molecule has 1 aliphatic rings. The van der Waals surface area contributed by atoms with Gasteiger partial charge < -0.3 is 0 Å². The van der Waals surface area contributed by atoms with Crippen LogP contribution in [0, 0.1) is 0 Å². The van der Waals surface area contributed by atoms with Crippen molar-refractivity contribution >= 4 is 23.2 Å². The van der Waals surface area contributed by atoms with Gasteiger partial charge in [-0.1, -0.05) is 0 Å². The van der Waals surface area contributed by atoms with Crippen molar-refractivity contribution in [2.45, 2.75) is 0 Å². The van der Waals surface area contributed by atoms with Crippen LogP contribution < -0.4 is 0 Å². The molecule has 0 spiro atoms. The van der Waals surface area contributed by atoms with Crippen LogP contribution in [0.3, 0.4) is 0 Å². The van der Waals surface area contributed by atoms with Gasteiger partial charge in [0.15, 0.2) is 0 Å². The summed E-state index contributed by atoms with van der Waals surface area (Å²) >= 11 is -0.201. The van der Waals surface area contributed by atoms with Crippen molar-refractivity contribution in [1.29, 1.82) is 0 Å². The maximum atomic E-state index is 2.32. The van der Waals surface area contributed by atoms with Crippen LogP contribution in [0.1, 0.15) is 0 Å². The van der Waals surface area contributed by atoms with E-state index in [4.69, 9.17) is 0 Å². The summed E-state index contributed by atoms with van der Waals surface area (Å²) in [6.07, 6.45) is 4.28. The second kappa shape index (κ2) is 1.72. The van der Waals surface area contributed by atoms with E-state index in [-0.39, 0.29) is 23.2 Å². The van der Waals surface area contributed by atoms with Gasteiger partial charge in [-0.15, -0.1) is 0 Å². The van der Waals surface area contributed by atoms with Crippen molar-refractivity contribution in [1.82, 2.24) is 0 Å². The Morgan fingerprint density at radius 2 is 1.60 bits per heavy atom. The number of hydrogen-bond donors (Lipinski definition) is 0. The summed E-state index contributed by atoms with van der Waals surface area (Å²) in [5.74, 6) is 0. The first-order chi connectivity index (χ1) is 2.50. The molecule has 0 saturated carbocycles. The van der Waals surface area contributed by atoms with Gasteiger partial charge in [0.2, 0.25) is 0 Å². The van der Waals surface area contributed by atoms with Crippen LogP contribution in [0.4, 0.5) is 0 Å². The van der Waals surface area contributed by atoms with E-state index in [1.807, 2.05) is 0 Å². The van der Waals surface area contributed by atoms with E-state index in [1.54, 1.807) is 0 Å². The van der Waals surface area contributed by atoms with Crippen LogP contribution in [-0.4, -0.2) is 23.2 Å². The normalized spacial score (nSPS) is 17.6. The molecule has 0 aliphatic carbocycles. The molecule has 0 aromatic heterocycles. The van der Waals surface area contributed by atoms with Gasteiger partial charge in [-0.3, -0.25) is 0 Å². The summed E-state index contributed by atoms with van der Waals surface area (Å²) in [7, 11) is 0. The van der Waals surface area contributed by atoms with E-state index in [0.29, 0.717) is 0 Å². The van der Waals surface area contributed by atoms with Gasteiger partial charge in [0.1, 0.15) is 0 Å². The summed E-state index contributed by atoms with van der Waals surface area (Å²) in [5, 5.41) is 0. The van der Waals surface area contributed by atoms with Crippen LogP contribution in [0.5, 0.6) is 0 Å². The second-order valence-electron chi connectivity index (χ2n) is 0.885. The third-order valence-electron chi connectivity index (χ3n) is 0.496. The molecule has 0 fully saturated rings. The van der Waals surface area contributed by atoms with Crippen LogP contribution in [0.25, 0.3) is 0 Å². The SMILES string of the molecule is C1=[CH][BiH][CH]=C1. The third-order valence-corrected chi connectivity index (χ3v) is 3.49. The molecule has 0 unspecified atom stereocenters. The Kier molecular flexibility index (Phi) is 1.22. The van der Waals surface area contributed by atoms with Crippen LogP contribution in [0.15, 0.2) is 19.7 Å². The van der Waals surface area contributed by atoms with Gasteiger partial charge in [-0.2, -0.15) is 0 Å². The van der Waals surface area contributed by atoms with Crippen LogP contribution >= 0.6 is 0 Å². The summed E-state index contributed by atoms with van der Waals surface area (Å²) in [5.41, 5.74) is 0. The zero-order chi connectivity index (χ0) is 3.54. The van der Waals surface area contributed by atoms with E-state index in [0.717, 1.165) is 0 Å². The van der Waals surface area contributed by atoms with E-state index in [1.165, 1.54) is 0 Å². The topological polar surface area (TPSA) is 0 Å². The van der Waals surface area contributed by atoms with Crippen LogP contribution in [0.2, 0.25) is 0 Å². The molecule has 0 aromatic rings. The molecule has 1 heteroatoms. The molecule has 26 valence electrons. The van der Waals surface area contributed by atoms with Crippen molar-refractivity contribution in [2.24, 2.45) is 0 Å². The average Bonchev–Trinajstić information content (AvgIpc) is 1.76. The Bertz CT molecular complexity index is 61.7. The molecule has 0 atom stereocenters. The Labute approximate surface area is 43.1 Å². The minimum absolute atomic E-state index is 0.201. The van der Waals surface area contributed by atoms with Gasteiger partial charge in [0.05, 0.1) is 0 Å². The fraction of sp³-hybridized carbons (Fsp3) is 0. The first-order valence-electron chi connectivity index (χ1n) is 1.58. The molecule has 0 amide bonds. The van der Waals surface area contributed by atoms with E-state index < -0.39 is 0 Å². The third kappa shape index (κ3) is 0.847. The monoisotopic (exact) mass is 262 g/mol. The Morgan fingerprint density at radius 3 is 1.80 bits per heavy atom. The zero-order valence-corrected chi connectivity index (χ0v) is 6.70.